The van der Waals surface area contributed by atoms with Gasteiger partial charge in [0.15, 0.2) is 0 Å². The number of rotatable bonds is 8. The normalized spacial score (nSPS) is 18.2. The first-order valence-corrected chi connectivity index (χ1v) is 13.5. The third kappa shape index (κ3) is 5.64. The van der Waals surface area contributed by atoms with Crippen LogP contribution in [-0.4, -0.2) is 65.2 Å². The number of benzene rings is 2. The van der Waals surface area contributed by atoms with Crippen LogP contribution in [0.2, 0.25) is 0 Å². The lowest BCUT2D eigenvalue weighted by Crippen LogP contribution is -2.54. The summed E-state index contributed by atoms with van der Waals surface area (Å²) in [5.41, 5.74) is 4.52. The fraction of sp³-hybridized carbons (Fsp3) is 0.444. The van der Waals surface area contributed by atoms with Gasteiger partial charge in [-0.3, -0.25) is 4.79 Å². The molecule has 0 saturated carbocycles. The largest absolute Gasteiger partial charge is 0.480 e. The van der Waals surface area contributed by atoms with E-state index in [1.165, 1.54) is 4.90 Å². The summed E-state index contributed by atoms with van der Waals surface area (Å²) in [6.07, 6.45) is 4.54. The highest BCUT2D eigenvalue weighted by Gasteiger charge is 2.35. The monoisotopic (exact) mass is 496 g/mol. The van der Waals surface area contributed by atoms with Gasteiger partial charge in [0, 0.05) is 12.5 Å². The molecule has 0 spiro atoms. The van der Waals surface area contributed by atoms with Crippen molar-refractivity contribution in [3.63, 3.8) is 0 Å². The summed E-state index contributed by atoms with van der Waals surface area (Å²) in [5, 5.41) is 12.4. The van der Waals surface area contributed by atoms with Crippen LogP contribution >= 0.6 is 11.8 Å². The number of nitrogens with one attached hydrogen (secondary N) is 1. The molecule has 35 heavy (non-hydrogen) atoms. The van der Waals surface area contributed by atoms with Crippen LogP contribution in [0.5, 0.6) is 0 Å². The highest BCUT2D eigenvalue weighted by molar-refractivity contribution is 7.98. The van der Waals surface area contributed by atoms with Crippen molar-refractivity contribution in [2.45, 2.75) is 50.1 Å². The Kier molecular flexibility index (Phi) is 8.33. The molecular weight excluding hydrogens is 464 g/mol. The van der Waals surface area contributed by atoms with Gasteiger partial charge in [-0.1, -0.05) is 61.4 Å². The van der Waals surface area contributed by atoms with E-state index in [0.717, 1.165) is 41.5 Å². The van der Waals surface area contributed by atoms with Crippen molar-refractivity contribution >= 4 is 29.7 Å². The Balaban J connectivity index is 1.45. The minimum Gasteiger partial charge on any atom is -0.480 e. The molecule has 0 aromatic heterocycles. The number of carboxylic acids is 1. The summed E-state index contributed by atoms with van der Waals surface area (Å²) in [6, 6.07) is 14.5. The molecule has 0 radical (unpaired) electrons. The molecule has 1 aliphatic carbocycles. The molecule has 2 aliphatic rings. The predicted octanol–water partition coefficient (Wildman–Crippen LogP) is 4.50. The fourth-order valence-corrected chi connectivity index (χ4v) is 5.58. The summed E-state index contributed by atoms with van der Waals surface area (Å²) < 4.78 is 5.64. The molecule has 4 rings (SSSR count). The van der Waals surface area contributed by atoms with E-state index in [1.807, 2.05) is 30.5 Å². The summed E-state index contributed by atoms with van der Waals surface area (Å²) in [6.45, 7) is 0.544. The first-order chi connectivity index (χ1) is 17.0. The van der Waals surface area contributed by atoms with Crippen LogP contribution in [0, 0.1) is 0 Å². The molecule has 2 N–H and O–H groups in total. The van der Waals surface area contributed by atoms with Gasteiger partial charge in [0.2, 0.25) is 5.91 Å². The number of likely N-dealkylation sites (tertiary alicyclic amines) is 1. The van der Waals surface area contributed by atoms with E-state index in [1.54, 1.807) is 11.8 Å². The fourth-order valence-electron chi connectivity index (χ4n) is 5.10. The lowest BCUT2D eigenvalue weighted by molar-refractivity contribution is -0.151. The van der Waals surface area contributed by atoms with E-state index in [-0.39, 0.29) is 18.4 Å². The van der Waals surface area contributed by atoms with E-state index < -0.39 is 24.1 Å². The zero-order chi connectivity index (χ0) is 24.8. The second-order valence-corrected chi connectivity index (χ2v) is 10.0. The molecule has 2 aromatic rings. The zero-order valence-electron chi connectivity index (χ0n) is 19.9. The Morgan fingerprint density at radius 2 is 1.71 bits per heavy atom. The van der Waals surface area contributed by atoms with E-state index in [0.29, 0.717) is 25.1 Å². The van der Waals surface area contributed by atoms with Crippen LogP contribution in [0.3, 0.4) is 0 Å². The maximum absolute atomic E-state index is 13.4. The molecule has 1 saturated heterocycles. The van der Waals surface area contributed by atoms with Gasteiger partial charge in [-0.15, -0.1) is 0 Å². The lowest BCUT2D eigenvalue weighted by Gasteiger charge is -2.31. The van der Waals surface area contributed by atoms with Crippen LogP contribution in [0.25, 0.3) is 11.1 Å². The Bertz CT molecular complexity index is 1030. The van der Waals surface area contributed by atoms with Gasteiger partial charge in [-0.05, 0) is 53.5 Å². The van der Waals surface area contributed by atoms with Crippen molar-refractivity contribution in [1.82, 2.24) is 10.2 Å². The molecule has 7 nitrogen and oxygen atoms in total. The standard InChI is InChI=1S/C27H32N2O5S/c1-35-16-14-23(25(30)29-15-8-2-3-13-24(29)26(31)32)28-27(33)34-17-22-20-11-6-4-9-18(20)19-10-5-7-12-21(19)22/h4-7,9-12,22-24H,2-3,8,13-17H2,1H3,(H,28,33)(H,31,32). The number of hydrogen-bond donors (Lipinski definition) is 2. The molecule has 2 atom stereocenters. The molecule has 1 aliphatic heterocycles. The van der Waals surface area contributed by atoms with Crippen molar-refractivity contribution in [3.05, 3.63) is 59.7 Å². The minimum absolute atomic E-state index is 0.0736. The lowest BCUT2D eigenvalue weighted by atomic mass is 9.98. The maximum atomic E-state index is 13.4. The van der Waals surface area contributed by atoms with Gasteiger partial charge in [0.25, 0.3) is 0 Å². The molecular formula is C27H32N2O5S. The Morgan fingerprint density at radius 3 is 2.34 bits per heavy atom. The van der Waals surface area contributed by atoms with Gasteiger partial charge in [-0.25, -0.2) is 9.59 Å². The van der Waals surface area contributed by atoms with Crippen molar-refractivity contribution in [3.8, 4) is 11.1 Å². The van der Waals surface area contributed by atoms with Crippen LogP contribution in [0.1, 0.15) is 49.1 Å². The van der Waals surface area contributed by atoms with Crippen molar-refractivity contribution < 1.29 is 24.2 Å². The average Bonchev–Trinajstić information content (AvgIpc) is 3.00. The van der Waals surface area contributed by atoms with Gasteiger partial charge >= 0.3 is 12.1 Å². The summed E-state index contributed by atoms with van der Waals surface area (Å²) in [7, 11) is 0. The van der Waals surface area contributed by atoms with Crippen molar-refractivity contribution in [2.24, 2.45) is 0 Å². The predicted molar refractivity (Wildman–Crippen MR) is 137 cm³/mol. The van der Waals surface area contributed by atoms with Crippen molar-refractivity contribution in [2.75, 3.05) is 25.2 Å². The number of carbonyl (C=O) groups excluding carboxylic acids is 2. The molecule has 2 aromatic carbocycles. The van der Waals surface area contributed by atoms with Gasteiger partial charge < -0.3 is 20.1 Å². The highest BCUT2D eigenvalue weighted by Crippen LogP contribution is 2.44. The molecule has 186 valence electrons. The summed E-state index contributed by atoms with van der Waals surface area (Å²) in [5.74, 6) is -0.756. The number of fused-ring (bicyclic) bond motifs is 3. The molecule has 0 bridgehead atoms. The highest BCUT2D eigenvalue weighted by atomic mass is 32.2. The second-order valence-electron chi connectivity index (χ2n) is 9.04. The summed E-state index contributed by atoms with van der Waals surface area (Å²) in [4.78, 5) is 39.5. The van der Waals surface area contributed by atoms with Gasteiger partial charge in [0.1, 0.15) is 18.7 Å². The molecule has 2 unspecified atom stereocenters. The van der Waals surface area contributed by atoms with E-state index in [9.17, 15) is 19.5 Å². The smallest absolute Gasteiger partial charge is 0.407 e. The van der Waals surface area contributed by atoms with Gasteiger partial charge in [-0.2, -0.15) is 11.8 Å². The number of hydrogen-bond acceptors (Lipinski definition) is 5. The number of amides is 2. The van der Waals surface area contributed by atoms with Gasteiger partial charge in [0.05, 0.1) is 0 Å². The third-order valence-corrected chi connectivity index (χ3v) is 7.51. The number of alkyl carbamates (subject to hydrolysis) is 1. The number of carbonyl (C=O) groups is 3. The van der Waals surface area contributed by atoms with E-state index in [4.69, 9.17) is 4.74 Å². The van der Waals surface area contributed by atoms with Crippen LogP contribution in [-0.2, 0) is 14.3 Å². The first-order valence-electron chi connectivity index (χ1n) is 12.1. The Hall–Kier alpha value is -3.00. The second kappa shape index (κ2) is 11.6. The third-order valence-electron chi connectivity index (χ3n) is 6.87. The SMILES string of the molecule is CSCCC(NC(=O)OCC1c2ccccc2-c2ccccc21)C(=O)N1CCCCCC1C(=O)O. The number of aliphatic carboxylic acids is 1. The number of ether oxygens (including phenoxy) is 1. The van der Waals surface area contributed by atoms with Crippen LogP contribution in [0.15, 0.2) is 48.5 Å². The molecule has 1 fully saturated rings. The van der Waals surface area contributed by atoms with Crippen LogP contribution in [0.4, 0.5) is 4.79 Å². The topological polar surface area (TPSA) is 95.9 Å². The quantitative estimate of drug-likeness (QED) is 0.559. The zero-order valence-corrected chi connectivity index (χ0v) is 20.8. The number of thioether (sulfide) groups is 1. The Morgan fingerprint density at radius 1 is 1.06 bits per heavy atom. The molecule has 8 heteroatoms. The van der Waals surface area contributed by atoms with Crippen LogP contribution < -0.4 is 5.32 Å². The first kappa shape index (κ1) is 25.1. The molecule has 1 heterocycles. The van der Waals surface area contributed by atoms with Crippen molar-refractivity contribution in [1.29, 1.82) is 0 Å². The summed E-state index contributed by atoms with van der Waals surface area (Å²) >= 11 is 1.57. The average molecular weight is 497 g/mol. The van der Waals surface area contributed by atoms with E-state index in [2.05, 4.69) is 29.6 Å². The number of nitrogens with zero attached hydrogens (tertiary/aromatic N) is 1. The maximum Gasteiger partial charge on any atom is 0.407 e. The Labute approximate surface area is 210 Å². The minimum atomic E-state index is -0.995. The van der Waals surface area contributed by atoms with E-state index >= 15 is 0 Å². The number of carboxylic acid groups (broad SMARTS) is 1. The molecule has 2 amide bonds.